The van der Waals surface area contributed by atoms with Crippen LogP contribution in [0.5, 0.6) is 0 Å². The third-order valence-electron chi connectivity index (χ3n) is 3.96. The average molecular weight is 279 g/mol. The van der Waals surface area contributed by atoms with Crippen molar-refractivity contribution in [3.63, 3.8) is 0 Å². The number of nitrogens with one attached hydrogen (secondary N) is 1. The Hall–Kier alpha value is -0.910. The molecule has 2 heterocycles. The van der Waals surface area contributed by atoms with Crippen molar-refractivity contribution in [1.29, 1.82) is 0 Å². The van der Waals surface area contributed by atoms with E-state index in [1.54, 1.807) is 11.3 Å². The summed E-state index contributed by atoms with van der Waals surface area (Å²) < 4.78 is 0. The molecule has 0 bridgehead atoms. The Morgan fingerprint density at radius 2 is 2.21 bits per heavy atom. The first-order chi connectivity index (χ1) is 9.02. The van der Waals surface area contributed by atoms with E-state index in [2.05, 4.69) is 29.3 Å². The van der Waals surface area contributed by atoms with Crippen LogP contribution in [0.15, 0.2) is 12.1 Å². The second-order valence-corrected chi connectivity index (χ2v) is 7.20. The molecule has 1 spiro atoms. The molecule has 1 aliphatic carbocycles. The number of likely N-dealkylation sites (N-methyl/N-ethyl adjacent to an activating group) is 1. The van der Waals surface area contributed by atoms with E-state index in [-0.39, 0.29) is 11.7 Å². The highest BCUT2D eigenvalue weighted by Gasteiger charge is 2.59. The number of hydrogen-bond donors (Lipinski definition) is 1. The lowest BCUT2D eigenvalue weighted by Gasteiger charge is -2.24. The number of hydrogen-bond acceptors (Lipinski definition) is 4. The van der Waals surface area contributed by atoms with E-state index in [1.165, 1.54) is 9.75 Å². The highest BCUT2D eigenvalue weighted by atomic mass is 32.1. The molecular formula is C14H21N3OS. The lowest BCUT2D eigenvalue weighted by molar-refractivity contribution is -0.130. The highest BCUT2D eigenvalue weighted by Crippen LogP contribution is 2.46. The van der Waals surface area contributed by atoms with E-state index in [0.29, 0.717) is 5.91 Å². The number of carbonyl (C=O) groups excluding carboxylic acids is 1. The lowest BCUT2D eigenvalue weighted by atomic mass is 10.3. The van der Waals surface area contributed by atoms with Crippen LogP contribution in [0.1, 0.15) is 28.8 Å². The van der Waals surface area contributed by atoms with E-state index in [4.69, 9.17) is 0 Å². The maximum absolute atomic E-state index is 12.5. The topological polar surface area (TPSA) is 35.6 Å². The first-order valence-corrected chi connectivity index (χ1v) is 7.63. The molecule has 1 N–H and O–H groups in total. The molecule has 1 atom stereocenters. The van der Waals surface area contributed by atoms with Crippen molar-refractivity contribution in [3.8, 4) is 0 Å². The summed E-state index contributed by atoms with van der Waals surface area (Å²) in [5.41, 5.74) is -0.227. The van der Waals surface area contributed by atoms with Gasteiger partial charge in [0, 0.05) is 22.8 Å². The quantitative estimate of drug-likeness (QED) is 0.909. The van der Waals surface area contributed by atoms with Crippen LogP contribution in [0, 0.1) is 6.92 Å². The molecule has 1 aromatic heterocycles. The predicted molar refractivity (Wildman–Crippen MR) is 77.2 cm³/mol. The number of nitrogens with zero attached hydrogens (tertiary/aromatic N) is 2. The minimum atomic E-state index is -0.227. The van der Waals surface area contributed by atoms with E-state index >= 15 is 0 Å². The van der Waals surface area contributed by atoms with E-state index in [9.17, 15) is 4.79 Å². The summed E-state index contributed by atoms with van der Waals surface area (Å²) in [6.07, 6.45) is 2.06. The van der Waals surface area contributed by atoms with Gasteiger partial charge in [-0.05, 0) is 46.0 Å². The summed E-state index contributed by atoms with van der Waals surface area (Å²) in [5.74, 6) is 0.297. The Morgan fingerprint density at radius 3 is 2.74 bits per heavy atom. The van der Waals surface area contributed by atoms with Crippen LogP contribution in [-0.2, 0) is 4.79 Å². The standard InChI is InChI=1S/C14H21N3OS/c1-10-4-5-11(19-10)12-15-14(6-7-14)13(18)17(12)9-8-16(2)3/h4-5,12,15H,6-9H2,1-3H3. The number of thiophene rings is 1. The Kier molecular flexibility index (Phi) is 3.15. The molecular weight excluding hydrogens is 258 g/mol. The van der Waals surface area contributed by atoms with Gasteiger partial charge in [-0.25, -0.2) is 0 Å². The molecule has 2 aliphatic rings. The maximum Gasteiger partial charge on any atom is 0.244 e. The molecule has 0 radical (unpaired) electrons. The third kappa shape index (κ3) is 2.30. The second kappa shape index (κ2) is 4.58. The SMILES string of the molecule is Cc1ccc(C2NC3(CC3)C(=O)N2CCN(C)C)s1. The maximum atomic E-state index is 12.5. The van der Waals surface area contributed by atoms with Crippen molar-refractivity contribution >= 4 is 17.2 Å². The molecule has 3 rings (SSSR count). The van der Waals surface area contributed by atoms with Crippen molar-refractivity contribution < 1.29 is 4.79 Å². The highest BCUT2D eigenvalue weighted by molar-refractivity contribution is 7.12. The van der Waals surface area contributed by atoms with Gasteiger partial charge in [0.25, 0.3) is 0 Å². The summed E-state index contributed by atoms with van der Waals surface area (Å²) in [6.45, 7) is 3.81. The van der Waals surface area contributed by atoms with Crippen LogP contribution < -0.4 is 5.32 Å². The van der Waals surface area contributed by atoms with Crippen molar-refractivity contribution in [2.24, 2.45) is 0 Å². The van der Waals surface area contributed by atoms with Gasteiger partial charge in [0.15, 0.2) is 0 Å². The minimum Gasteiger partial charge on any atom is -0.319 e. The van der Waals surface area contributed by atoms with Crippen molar-refractivity contribution in [3.05, 3.63) is 21.9 Å². The molecule has 1 saturated heterocycles. The number of aryl methyl sites for hydroxylation is 1. The van der Waals surface area contributed by atoms with Gasteiger partial charge in [-0.15, -0.1) is 11.3 Å². The fourth-order valence-electron chi connectivity index (χ4n) is 2.64. The summed E-state index contributed by atoms with van der Waals surface area (Å²) in [7, 11) is 4.09. The lowest BCUT2D eigenvalue weighted by Crippen LogP contribution is -2.36. The molecule has 104 valence electrons. The summed E-state index contributed by atoms with van der Waals surface area (Å²) in [4.78, 5) is 19.3. The molecule has 5 heteroatoms. The zero-order valence-corrected chi connectivity index (χ0v) is 12.6. The van der Waals surface area contributed by atoms with Gasteiger partial charge < -0.3 is 9.80 Å². The Morgan fingerprint density at radius 1 is 1.47 bits per heavy atom. The van der Waals surface area contributed by atoms with Crippen molar-refractivity contribution in [2.75, 3.05) is 27.2 Å². The van der Waals surface area contributed by atoms with Crippen LogP contribution >= 0.6 is 11.3 Å². The normalized spacial score (nSPS) is 24.7. The monoisotopic (exact) mass is 279 g/mol. The second-order valence-electron chi connectivity index (χ2n) is 5.88. The van der Waals surface area contributed by atoms with Gasteiger partial charge in [0.05, 0.1) is 0 Å². The van der Waals surface area contributed by atoms with Crippen LogP contribution in [0.4, 0.5) is 0 Å². The minimum absolute atomic E-state index is 0.0775. The van der Waals surface area contributed by atoms with Gasteiger partial charge in [-0.3, -0.25) is 10.1 Å². The fourth-order valence-corrected chi connectivity index (χ4v) is 3.58. The summed E-state index contributed by atoms with van der Waals surface area (Å²) in [6, 6.07) is 4.28. The number of amides is 1. The Labute approximate surface area is 118 Å². The zero-order valence-electron chi connectivity index (χ0n) is 11.8. The smallest absolute Gasteiger partial charge is 0.244 e. The van der Waals surface area contributed by atoms with Gasteiger partial charge in [-0.2, -0.15) is 0 Å². The van der Waals surface area contributed by atoms with Gasteiger partial charge in [0.2, 0.25) is 5.91 Å². The molecule has 1 aliphatic heterocycles. The number of rotatable bonds is 4. The molecule has 1 aromatic rings. The van der Waals surface area contributed by atoms with Crippen LogP contribution in [0.2, 0.25) is 0 Å². The van der Waals surface area contributed by atoms with E-state index in [1.807, 2.05) is 19.0 Å². The molecule has 2 fully saturated rings. The Balaban J connectivity index is 1.82. The average Bonchev–Trinajstić information content (AvgIpc) is 2.93. The van der Waals surface area contributed by atoms with Crippen LogP contribution in [0.3, 0.4) is 0 Å². The molecule has 19 heavy (non-hydrogen) atoms. The van der Waals surface area contributed by atoms with E-state index < -0.39 is 0 Å². The first-order valence-electron chi connectivity index (χ1n) is 6.82. The molecule has 4 nitrogen and oxygen atoms in total. The molecule has 0 aromatic carbocycles. The van der Waals surface area contributed by atoms with Gasteiger partial charge in [-0.1, -0.05) is 0 Å². The van der Waals surface area contributed by atoms with Crippen molar-refractivity contribution in [2.45, 2.75) is 31.5 Å². The summed E-state index contributed by atoms with van der Waals surface area (Å²) >= 11 is 1.78. The van der Waals surface area contributed by atoms with Crippen LogP contribution in [-0.4, -0.2) is 48.4 Å². The van der Waals surface area contributed by atoms with Crippen LogP contribution in [0.25, 0.3) is 0 Å². The largest absolute Gasteiger partial charge is 0.319 e. The predicted octanol–water partition coefficient (Wildman–Crippen LogP) is 1.58. The molecule has 1 saturated carbocycles. The van der Waals surface area contributed by atoms with E-state index in [0.717, 1.165) is 25.9 Å². The molecule has 1 amide bonds. The Bertz CT molecular complexity index is 493. The van der Waals surface area contributed by atoms with Crippen molar-refractivity contribution in [1.82, 2.24) is 15.1 Å². The molecule has 1 unspecified atom stereocenters. The number of carbonyl (C=O) groups is 1. The fraction of sp³-hybridized carbons (Fsp3) is 0.643. The van der Waals surface area contributed by atoms with Gasteiger partial charge >= 0.3 is 0 Å². The van der Waals surface area contributed by atoms with Gasteiger partial charge in [0.1, 0.15) is 11.7 Å². The summed E-state index contributed by atoms with van der Waals surface area (Å²) in [5, 5.41) is 3.56. The third-order valence-corrected chi connectivity index (χ3v) is 5.02. The zero-order chi connectivity index (χ0) is 13.6. The first kappa shape index (κ1) is 13.1.